The summed E-state index contributed by atoms with van der Waals surface area (Å²) in [6.07, 6.45) is 7.02. The first-order valence-electron chi connectivity index (χ1n) is 12.8. The van der Waals surface area contributed by atoms with Crippen LogP contribution in [0, 0.1) is 0 Å². The highest BCUT2D eigenvalue weighted by Crippen LogP contribution is 2.37. The van der Waals surface area contributed by atoms with E-state index in [1.807, 2.05) is 6.07 Å². The van der Waals surface area contributed by atoms with Crippen molar-refractivity contribution in [2.24, 2.45) is 0 Å². The van der Waals surface area contributed by atoms with E-state index in [0.717, 1.165) is 67.3 Å². The minimum Gasteiger partial charge on any atom is -0.496 e. The van der Waals surface area contributed by atoms with Crippen LogP contribution in [-0.4, -0.2) is 49.8 Å². The largest absolute Gasteiger partial charge is 0.496 e. The van der Waals surface area contributed by atoms with Crippen molar-refractivity contribution in [3.8, 4) is 5.75 Å². The van der Waals surface area contributed by atoms with Gasteiger partial charge >= 0.3 is 0 Å². The molecule has 0 amide bonds. The van der Waals surface area contributed by atoms with Gasteiger partial charge < -0.3 is 19.9 Å². The SMILES string of the molecule is CCCN(C)c1ccc2nc(NC3CCC3)nc(N3CCC(c4ccccc4OC)CC3)c2c1. The molecule has 1 saturated heterocycles. The highest BCUT2D eigenvalue weighted by Gasteiger charge is 2.26. The first-order chi connectivity index (χ1) is 16.7. The first-order valence-corrected chi connectivity index (χ1v) is 12.8. The molecule has 0 spiro atoms. The van der Waals surface area contributed by atoms with Gasteiger partial charge in [0.05, 0.1) is 12.6 Å². The fourth-order valence-corrected chi connectivity index (χ4v) is 5.25. The van der Waals surface area contributed by atoms with Crippen LogP contribution in [0.2, 0.25) is 0 Å². The summed E-state index contributed by atoms with van der Waals surface area (Å²) in [7, 11) is 3.93. The van der Waals surface area contributed by atoms with Crippen molar-refractivity contribution in [1.29, 1.82) is 0 Å². The molecule has 1 aliphatic carbocycles. The van der Waals surface area contributed by atoms with Crippen molar-refractivity contribution in [3.05, 3.63) is 48.0 Å². The molecule has 1 N–H and O–H groups in total. The average molecular weight is 460 g/mol. The quantitative estimate of drug-likeness (QED) is 0.457. The summed E-state index contributed by atoms with van der Waals surface area (Å²) < 4.78 is 5.64. The monoisotopic (exact) mass is 459 g/mol. The number of ether oxygens (including phenoxy) is 1. The zero-order chi connectivity index (χ0) is 23.5. The van der Waals surface area contributed by atoms with Gasteiger partial charge in [0, 0.05) is 43.8 Å². The Morgan fingerprint density at radius 3 is 2.56 bits per heavy atom. The van der Waals surface area contributed by atoms with E-state index in [1.165, 1.54) is 30.5 Å². The molecule has 6 heteroatoms. The van der Waals surface area contributed by atoms with E-state index in [4.69, 9.17) is 14.7 Å². The molecule has 2 aliphatic rings. The molecule has 2 heterocycles. The minimum absolute atomic E-state index is 0.511. The fraction of sp³-hybridized carbons (Fsp3) is 0.500. The molecule has 0 bridgehead atoms. The van der Waals surface area contributed by atoms with Gasteiger partial charge in [0.2, 0.25) is 5.95 Å². The molecule has 1 aromatic heterocycles. The molecular formula is C28H37N5O. The summed E-state index contributed by atoms with van der Waals surface area (Å²) >= 11 is 0. The number of anilines is 3. The minimum atomic E-state index is 0.511. The smallest absolute Gasteiger partial charge is 0.225 e. The summed E-state index contributed by atoms with van der Waals surface area (Å²) in [5.41, 5.74) is 3.57. The molecular weight excluding hydrogens is 422 g/mol. The van der Waals surface area contributed by atoms with Crippen LogP contribution in [0.3, 0.4) is 0 Å². The standard InChI is InChI=1S/C28H37N5O/c1-4-16-32(2)22-12-13-25-24(19-22)27(31-28(30-25)29-21-8-7-9-21)33-17-14-20(15-18-33)23-10-5-6-11-26(23)34-3/h5-6,10-13,19-21H,4,7-9,14-18H2,1-3H3,(H,29,30,31). The Morgan fingerprint density at radius 1 is 1.06 bits per heavy atom. The van der Waals surface area contributed by atoms with Crippen LogP contribution in [0.25, 0.3) is 10.9 Å². The Bertz CT molecular complexity index is 1120. The highest BCUT2D eigenvalue weighted by molar-refractivity contribution is 5.93. The van der Waals surface area contributed by atoms with Crippen LogP contribution >= 0.6 is 0 Å². The molecule has 2 fully saturated rings. The van der Waals surface area contributed by atoms with Gasteiger partial charge in [0.25, 0.3) is 0 Å². The Balaban J connectivity index is 1.44. The number of nitrogens with zero attached hydrogens (tertiary/aromatic N) is 4. The van der Waals surface area contributed by atoms with Gasteiger partial charge in [-0.15, -0.1) is 0 Å². The summed E-state index contributed by atoms with van der Waals surface area (Å²) in [4.78, 5) is 14.8. The highest BCUT2D eigenvalue weighted by atomic mass is 16.5. The number of hydrogen-bond donors (Lipinski definition) is 1. The van der Waals surface area contributed by atoms with Gasteiger partial charge in [-0.25, -0.2) is 4.98 Å². The second-order valence-electron chi connectivity index (χ2n) is 9.77. The van der Waals surface area contributed by atoms with Crippen molar-refractivity contribution >= 4 is 28.4 Å². The lowest BCUT2D eigenvalue weighted by atomic mass is 9.88. The van der Waals surface area contributed by atoms with Crippen LogP contribution in [0.5, 0.6) is 5.75 Å². The average Bonchev–Trinajstić information content (AvgIpc) is 2.85. The van der Waals surface area contributed by atoms with Crippen LogP contribution in [0.15, 0.2) is 42.5 Å². The number of methoxy groups -OCH3 is 1. The summed E-state index contributed by atoms with van der Waals surface area (Å²) in [5, 5.41) is 4.73. The van der Waals surface area contributed by atoms with Crippen molar-refractivity contribution in [3.63, 3.8) is 0 Å². The lowest BCUT2D eigenvalue weighted by Crippen LogP contribution is -2.34. The van der Waals surface area contributed by atoms with Gasteiger partial charge in [-0.2, -0.15) is 4.98 Å². The van der Waals surface area contributed by atoms with E-state index in [2.05, 4.69) is 65.5 Å². The van der Waals surface area contributed by atoms with E-state index in [1.54, 1.807) is 7.11 Å². The topological polar surface area (TPSA) is 53.5 Å². The number of piperidine rings is 1. The number of aromatic nitrogens is 2. The van der Waals surface area contributed by atoms with Gasteiger partial charge in [-0.3, -0.25) is 0 Å². The van der Waals surface area contributed by atoms with Crippen LogP contribution < -0.4 is 19.9 Å². The third kappa shape index (κ3) is 4.63. The van der Waals surface area contributed by atoms with Crippen molar-refractivity contribution < 1.29 is 4.74 Å². The van der Waals surface area contributed by atoms with E-state index < -0.39 is 0 Å². The van der Waals surface area contributed by atoms with Crippen LogP contribution in [-0.2, 0) is 0 Å². The van der Waals surface area contributed by atoms with Crippen molar-refractivity contribution in [2.75, 3.05) is 48.9 Å². The van der Waals surface area contributed by atoms with E-state index >= 15 is 0 Å². The van der Waals surface area contributed by atoms with Crippen LogP contribution in [0.4, 0.5) is 17.5 Å². The van der Waals surface area contributed by atoms with E-state index in [-0.39, 0.29) is 0 Å². The molecule has 180 valence electrons. The predicted octanol–water partition coefficient (Wildman–Crippen LogP) is 5.83. The molecule has 3 aromatic rings. The number of fused-ring (bicyclic) bond motifs is 1. The first kappa shape index (κ1) is 22.8. The maximum Gasteiger partial charge on any atom is 0.225 e. The zero-order valence-corrected chi connectivity index (χ0v) is 20.8. The molecule has 5 rings (SSSR count). The number of hydrogen-bond acceptors (Lipinski definition) is 6. The molecule has 0 atom stereocenters. The molecule has 1 aliphatic heterocycles. The number of nitrogens with one attached hydrogen (secondary N) is 1. The summed E-state index contributed by atoms with van der Waals surface area (Å²) in [6, 6.07) is 15.6. The van der Waals surface area contributed by atoms with Crippen molar-refractivity contribution in [1.82, 2.24) is 9.97 Å². The van der Waals surface area contributed by atoms with Gasteiger partial charge in [-0.1, -0.05) is 25.1 Å². The third-order valence-electron chi connectivity index (χ3n) is 7.47. The van der Waals surface area contributed by atoms with E-state index in [0.29, 0.717) is 12.0 Å². The Kier molecular flexibility index (Phi) is 6.75. The van der Waals surface area contributed by atoms with Gasteiger partial charge in [0.1, 0.15) is 11.6 Å². The second kappa shape index (κ2) is 10.1. The molecule has 0 radical (unpaired) electrons. The van der Waals surface area contributed by atoms with Gasteiger partial charge in [-0.05, 0) is 74.3 Å². The molecule has 1 saturated carbocycles. The molecule has 0 unspecified atom stereocenters. The lowest BCUT2D eigenvalue weighted by molar-refractivity contribution is 0.397. The molecule has 2 aromatic carbocycles. The Hall–Kier alpha value is -3.02. The Morgan fingerprint density at radius 2 is 1.85 bits per heavy atom. The summed E-state index contributed by atoms with van der Waals surface area (Å²) in [6.45, 7) is 5.21. The van der Waals surface area contributed by atoms with Gasteiger partial charge in [0.15, 0.2) is 0 Å². The van der Waals surface area contributed by atoms with Crippen LogP contribution in [0.1, 0.15) is 56.9 Å². The third-order valence-corrected chi connectivity index (χ3v) is 7.47. The lowest BCUT2D eigenvalue weighted by Gasteiger charge is -2.34. The maximum atomic E-state index is 5.64. The zero-order valence-electron chi connectivity index (χ0n) is 20.8. The maximum absolute atomic E-state index is 5.64. The number of rotatable bonds is 8. The number of benzene rings is 2. The molecule has 34 heavy (non-hydrogen) atoms. The van der Waals surface area contributed by atoms with Crippen molar-refractivity contribution in [2.45, 2.75) is 57.4 Å². The molecule has 6 nitrogen and oxygen atoms in total. The Labute approximate surface area is 203 Å². The predicted molar refractivity (Wildman–Crippen MR) is 142 cm³/mol. The normalized spacial score (nSPS) is 17.0. The second-order valence-corrected chi connectivity index (χ2v) is 9.77. The summed E-state index contributed by atoms with van der Waals surface area (Å²) in [5.74, 6) is 3.36. The fourth-order valence-electron chi connectivity index (χ4n) is 5.25. The number of para-hydroxylation sites is 1. The van der Waals surface area contributed by atoms with E-state index in [9.17, 15) is 0 Å².